The van der Waals surface area contributed by atoms with Gasteiger partial charge in [-0.25, -0.2) is 4.98 Å². The standard InChI is InChI=1S/C19H20N4O3S/c1-11-3-4-16(12(2)7-11)26-6-5-17(24)23-19-22-15(10-27-19)13-8-14(18(20)25)21-9-13/h3-4,7-10,21H,5-6H2,1-2H3,(H2,20,25)(H,22,23,24). The minimum absolute atomic E-state index is 0.174. The summed E-state index contributed by atoms with van der Waals surface area (Å²) in [6.07, 6.45) is 1.87. The highest BCUT2D eigenvalue weighted by molar-refractivity contribution is 7.14. The van der Waals surface area contributed by atoms with E-state index in [-0.39, 0.29) is 18.9 Å². The van der Waals surface area contributed by atoms with E-state index >= 15 is 0 Å². The highest BCUT2D eigenvalue weighted by Gasteiger charge is 2.11. The predicted octanol–water partition coefficient (Wildman–Crippen LogP) is 3.26. The van der Waals surface area contributed by atoms with Crippen molar-refractivity contribution in [2.75, 3.05) is 11.9 Å². The van der Waals surface area contributed by atoms with Gasteiger partial charge in [0.15, 0.2) is 5.13 Å². The number of carbonyl (C=O) groups is 2. The van der Waals surface area contributed by atoms with Gasteiger partial charge in [-0.3, -0.25) is 9.59 Å². The van der Waals surface area contributed by atoms with E-state index in [2.05, 4.69) is 15.3 Å². The highest BCUT2D eigenvalue weighted by Crippen LogP contribution is 2.25. The molecule has 3 aromatic rings. The summed E-state index contributed by atoms with van der Waals surface area (Å²) in [5.41, 5.74) is 9.14. The van der Waals surface area contributed by atoms with Gasteiger partial charge >= 0.3 is 0 Å². The van der Waals surface area contributed by atoms with Crippen LogP contribution < -0.4 is 15.8 Å². The summed E-state index contributed by atoms with van der Waals surface area (Å²) >= 11 is 1.31. The summed E-state index contributed by atoms with van der Waals surface area (Å²) in [5.74, 6) is 0.0732. The van der Waals surface area contributed by atoms with E-state index in [1.807, 2.05) is 32.0 Å². The summed E-state index contributed by atoms with van der Waals surface area (Å²) in [5, 5.41) is 5.05. The van der Waals surface area contributed by atoms with E-state index in [1.54, 1.807) is 17.6 Å². The lowest BCUT2D eigenvalue weighted by atomic mass is 10.1. The Kier molecular flexibility index (Phi) is 5.56. The molecule has 2 amide bonds. The third-order valence-corrected chi connectivity index (χ3v) is 4.67. The number of primary amides is 1. The zero-order chi connectivity index (χ0) is 19.4. The molecular formula is C19H20N4O3S. The summed E-state index contributed by atoms with van der Waals surface area (Å²) in [4.78, 5) is 30.4. The van der Waals surface area contributed by atoms with Crippen LogP contribution in [-0.2, 0) is 4.79 Å². The number of nitrogens with two attached hydrogens (primary N) is 1. The lowest BCUT2D eigenvalue weighted by Gasteiger charge is -2.09. The molecule has 0 fully saturated rings. The van der Waals surface area contributed by atoms with E-state index < -0.39 is 5.91 Å². The second-order valence-electron chi connectivity index (χ2n) is 6.12. The molecule has 0 radical (unpaired) electrons. The van der Waals surface area contributed by atoms with Gasteiger partial charge in [-0.15, -0.1) is 11.3 Å². The number of thiazole rings is 1. The average molecular weight is 384 g/mol. The number of aryl methyl sites for hydroxylation is 2. The van der Waals surface area contributed by atoms with Crippen molar-refractivity contribution < 1.29 is 14.3 Å². The van der Waals surface area contributed by atoms with E-state index in [0.29, 0.717) is 16.5 Å². The van der Waals surface area contributed by atoms with Crippen LogP contribution in [0.5, 0.6) is 5.75 Å². The lowest BCUT2D eigenvalue weighted by Crippen LogP contribution is -2.15. The Morgan fingerprint density at radius 3 is 2.81 bits per heavy atom. The Labute approximate surface area is 160 Å². The molecule has 0 aliphatic heterocycles. The zero-order valence-electron chi connectivity index (χ0n) is 15.0. The van der Waals surface area contributed by atoms with E-state index in [1.165, 1.54) is 16.9 Å². The van der Waals surface area contributed by atoms with Gasteiger partial charge in [-0.1, -0.05) is 17.7 Å². The number of hydrogen-bond acceptors (Lipinski definition) is 5. The molecule has 0 saturated heterocycles. The van der Waals surface area contributed by atoms with Gasteiger partial charge in [0, 0.05) is 17.1 Å². The maximum Gasteiger partial charge on any atom is 0.265 e. The second kappa shape index (κ2) is 8.05. The van der Waals surface area contributed by atoms with E-state index in [9.17, 15) is 9.59 Å². The van der Waals surface area contributed by atoms with Crippen molar-refractivity contribution in [3.8, 4) is 17.0 Å². The Balaban J connectivity index is 1.52. The monoisotopic (exact) mass is 384 g/mol. The van der Waals surface area contributed by atoms with Crippen molar-refractivity contribution in [3.63, 3.8) is 0 Å². The van der Waals surface area contributed by atoms with Gasteiger partial charge in [0.1, 0.15) is 11.4 Å². The summed E-state index contributed by atoms with van der Waals surface area (Å²) < 4.78 is 5.67. The molecule has 2 aromatic heterocycles. The molecule has 0 saturated carbocycles. The quantitative estimate of drug-likeness (QED) is 0.581. The lowest BCUT2D eigenvalue weighted by molar-refractivity contribution is -0.116. The smallest absolute Gasteiger partial charge is 0.265 e. The van der Waals surface area contributed by atoms with Gasteiger partial charge in [-0.05, 0) is 31.5 Å². The SMILES string of the molecule is Cc1ccc(OCCC(=O)Nc2nc(-c3c[nH]c(C(N)=O)c3)cs2)c(C)c1. The van der Waals surface area contributed by atoms with Gasteiger partial charge in [0.25, 0.3) is 5.91 Å². The average Bonchev–Trinajstić information content (AvgIpc) is 3.26. The molecule has 140 valence electrons. The number of ether oxygens (including phenoxy) is 1. The maximum atomic E-state index is 12.1. The number of H-pyrrole nitrogens is 1. The third kappa shape index (κ3) is 4.73. The van der Waals surface area contributed by atoms with Crippen LogP contribution in [0.1, 0.15) is 28.0 Å². The summed E-state index contributed by atoms with van der Waals surface area (Å²) in [7, 11) is 0. The number of benzene rings is 1. The fraction of sp³-hybridized carbons (Fsp3) is 0.211. The zero-order valence-corrected chi connectivity index (χ0v) is 15.9. The second-order valence-corrected chi connectivity index (χ2v) is 6.98. The van der Waals surface area contributed by atoms with Gasteiger partial charge in [-0.2, -0.15) is 0 Å². The van der Waals surface area contributed by atoms with Crippen LogP contribution in [0.15, 0.2) is 35.8 Å². The third-order valence-electron chi connectivity index (χ3n) is 3.91. The Morgan fingerprint density at radius 1 is 1.30 bits per heavy atom. The molecule has 0 aliphatic carbocycles. The molecule has 0 unspecified atom stereocenters. The summed E-state index contributed by atoms with van der Waals surface area (Å²) in [6, 6.07) is 7.55. The van der Waals surface area contributed by atoms with Crippen molar-refractivity contribution in [1.29, 1.82) is 0 Å². The van der Waals surface area contributed by atoms with Gasteiger partial charge in [0.05, 0.1) is 18.7 Å². The highest BCUT2D eigenvalue weighted by atomic mass is 32.1. The largest absolute Gasteiger partial charge is 0.493 e. The fourth-order valence-electron chi connectivity index (χ4n) is 2.54. The molecule has 1 aromatic carbocycles. The van der Waals surface area contributed by atoms with Crippen LogP contribution >= 0.6 is 11.3 Å². The van der Waals surface area contributed by atoms with Crippen molar-refractivity contribution in [1.82, 2.24) is 9.97 Å². The van der Waals surface area contributed by atoms with Gasteiger partial charge < -0.3 is 20.8 Å². The normalized spacial score (nSPS) is 10.6. The number of hydrogen-bond donors (Lipinski definition) is 3. The number of amides is 2. The van der Waals surface area contributed by atoms with Crippen LogP contribution in [0, 0.1) is 13.8 Å². The first-order chi connectivity index (χ1) is 12.9. The Hall–Kier alpha value is -3.13. The van der Waals surface area contributed by atoms with E-state index in [0.717, 1.165) is 16.9 Å². The minimum Gasteiger partial charge on any atom is -0.493 e. The topological polar surface area (TPSA) is 110 Å². The first-order valence-electron chi connectivity index (χ1n) is 8.36. The molecule has 0 spiro atoms. The maximum absolute atomic E-state index is 12.1. The molecular weight excluding hydrogens is 364 g/mol. The van der Waals surface area contributed by atoms with Gasteiger partial charge in [0.2, 0.25) is 5.91 Å². The van der Waals surface area contributed by atoms with Crippen molar-refractivity contribution >= 4 is 28.3 Å². The minimum atomic E-state index is -0.534. The molecule has 0 aliphatic rings. The van der Waals surface area contributed by atoms with Crippen LogP contribution in [-0.4, -0.2) is 28.4 Å². The molecule has 4 N–H and O–H groups in total. The molecule has 0 bridgehead atoms. The predicted molar refractivity (Wildman–Crippen MR) is 105 cm³/mol. The van der Waals surface area contributed by atoms with Crippen LogP contribution in [0.3, 0.4) is 0 Å². The van der Waals surface area contributed by atoms with Crippen LogP contribution in [0.25, 0.3) is 11.3 Å². The van der Waals surface area contributed by atoms with Crippen LogP contribution in [0.2, 0.25) is 0 Å². The molecule has 2 heterocycles. The van der Waals surface area contributed by atoms with Crippen molar-refractivity contribution in [2.24, 2.45) is 5.73 Å². The number of rotatable bonds is 7. The Bertz CT molecular complexity index is 977. The Morgan fingerprint density at radius 2 is 2.11 bits per heavy atom. The number of aromatic amines is 1. The molecule has 8 heteroatoms. The number of anilines is 1. The number of nitrogens with one attached hydrogen (secondary N) is 2. The van der Waals surface area contributed by atoms with Crippen molar-refractivity contribution in [2.45, 2.75) is 20.3 Å². The first kappa shape index (κ1) is 18.7. The molecule has 3 rings (SSSR count). The number of nitrogens with zero attached hydrogens (tertiary/aromatic N) is 1. The molecule has 7 nitrogen and oxygen atoms in total. The van der Waals surface area contributed by atoms with E-state index in [4.69, 9.17) is 10.5 Å². The first-order valence-corrected chi connectivity index (χ1v) is 9.24. The van der Waals surface area contributed by atoms with Crippen molar-refractivity contribution in [3.05, 3.63) is 52.7 Å². The molecule has 0 atom stereocenters. The summed E-state index contributed by atoms with van der Waals surface area (Å²) in [6.45, 7) is 4.28. The van der Waals surface area contributed by atoms with Crippen LogP contribution in [0.4, 0.5) is 5.13 Å². The molecule has 27 heavy (non-hydrogen) atoms. The number of carbonyl (C=O) groups excluding carboxylic acids is 2. The fourth-order valence-corrected chi connectivity index (χ4v) is 3.28. The number of aromatic nitrogens is 2.